The topological polar surface area (TPSA) is 29.1 Å². The maximum absolute atomic E-state index is 10.3. The molecule has 0 fully saturated rings. The van der Waals surface area contributed by atoms with Crippen LogP contribution in [-0.2, 0) is 11.2 Å². The first-order valence-electron chi connectivity index (χ1n) is 8.66. The standard InChI is InChI=1S/C19H31NO/c1-2-3-4-5-6-7-8-9-10-11-12-18-13-15-19(16-14-18)20-17-21/h13-17H,2-12H2,1H3,(H,20,21). The van der Waals surface area contributed by atoms with Crippen molar-refractivity contribution in [1.82, 2.24) is 0 Å². The van der Waals surface area contributed by atoms with E-state index in [4.69, 9.17) is 0 Å². The van der Waals surface area contributed by atoms with Gasteiger partial charge >= 0.3 is 0 Å². The minimum absolute atomic E-state index is 0.720. The number of anilines is 1. The molecule has 0 radical (unpaired) electrons. The number of unbranched alkanes of at least 4 members (excludes halogenated alkanes) is 9. The van der Waals surface area contributed by atoms with E-state index in [1.807, 2.05) is 12.1 Å². The Bertz CT molecular complexity index is 358. The van der Waals surface area contributed by atoms with Gasteiger partial charge in [-0.05, 0) is 30.5 Å². The number of amides is 1. The first-order chi connectivity index (χ1) is 10.4. The van der Waals surface area contributed by atoms with Crippen LogP contribution in [0.2, 0.25) is 0 Å². The van der Waals surface area contributed by atoms with E-state index in [2.05, 4.69) is 24.4 Å². The average molecular weight is 289 g/mol. The Labute approximate surface area is 130 Å². The van der Waals surface area contributed by atoms with E-state index in [1.54, 1.807) is 0 Å². The van der Waals surface area contributed by atoms with Crippen molar-refractivity contribution in [2.45, 2.75) is 77.6 Å². The van der Waals surface area contributed by atoms with E-state index >= 15 is 0 Å². The minimum Gasteiger partial charge on any atom is -0.329 e. The predicted molar refractivity (Wildman–Crippen MR) is 91.7 cm³/mol. The molecule has 0 atom stereocenters. The third-order valence-electron chi connectivity index (χ3n) is 4.00. The SMILES string of the molecule is CCCCCCCCCCCCc1ccc(NC=O)cc1. The second-order valence-corrected chi connectivity index (χ2v) is 5.89. The third kappa shape index (κ3) is 9.28. The van der Waals surface area contributed by atoms with Gasteiger partial charge in [-0.3, -0.25) is 4.79 Å². The van der Waals surface area contributed by atoms with Crippen LogP contribution in [0.4, 0.5) is 5.69 Å². The second kappa shape index (κ2) is 12.4. The molecule has 0 spiro atoms. The fraction of sp³-hybridized carbons (Fsp3) is 0.632. The summed E-state index contributed by atoms with van der Waals surface area (Å²) in [5, 5.41) is 2.66. The van der Waals surface area contributed by atoms with E-state index in [1.165, 1.54) is 69.8 Å². The lowest BCUT2D eigenvalue weighted by Gasteiger charge is -2.04. The van der Waals surface area contributed by atoms with E-state index in [0.29, 0.717) is 0 Å². The van der Waals surface area contributed by atoms with Crippen molar-refractivity contribution in [1.29, 1.82) is 0 Å². The molecule has 1 N–H and O–H groups in total. The maximum atomic E-state index is 10.3. The van der Waals surface area contributed by atoms with Crippen molar-refractivity contribution in [2.24, 2.45) is 0 Å². The van der Waals surface area contributed by atoms with Crippen LogP contribution < -0.4 is 5.32 Å². The van der Waals surface area contributed by atoms with Crippen LogP contribution in [0.25, 0.3) is 0 Å². The zero-order chi connectivity index (χ0) is 15.2. The first kappa shape index (κ1) is 17.7. The van der Waals surface area contributed by atoms with Crippen LogP contribution in [0.3, 0.4) is 0 Å². The van der Waals surface area contributed by atoms with Gasteiger partial charge in [0.15, 0.2) is 0 Å². The molecule has 1 rings (SSSR count). The van der Waals surface area contributed by atoms with Gasteiger partial charge in [-0.15, -0.1) is 0 Å². The molecule has 0 saturated heterocycles. The number of rotatable bonds is 13. The van der Waals surface area contributed by atoms with Crippen LogP contribution in [0.15, 0.2) is 24.3 Å². The zero-order valence-electron chi connectivity index (χ0n) is 13.6. The van der Waals surface area contributed by atoms with Gasteiger partial charge in [-0.1, -0.05) is 76.8 Å². The molecule has 0 aliphatic carbocycles. The second-order valence-electron chi connectivity index (χ2n) is 5.89. The van der Waals surface area contributed by atoms with Crippen molar-refractivity contribution < 1.29 is 4.79 Å². The fourth-order valence-corrected chi connectivity index (χ4v) is 2.65. The molecule has 0 aromatic heterocycles. The molecule has 0 aliphatic heterocycles. The van der Waals surface area contributed by atoms with Crippen LogP contribution in [-0.4, -0.2) is 6.41 Å². The lowest BCUT2D eigenvalue weighted by Crippen LogP contribution is -1.93. The smallest absolute Gasteiger partial charge is 0.211 e. The van der Waals surface area contributed by atoms with Crippen molar-refractivity contribution in [3.63, 3.8) is 0 Å². The number of aryl methyl sites for hydroxylation is 1. The summed E-state index contributed by atoms with van der Waals surface area (Å²) in [6.45, 7) is 2.27. The van der Waals surface area contributed by atoms with Crippen LogP contribution in [0.1, 0.15) is 76.7 Å². The number of hydrogen-bond acceptors (Lipinski definition) is 1. The Hall–Kier alpha value is -1.31. The summed E-state index contributed by atoms with van der Waals surface area (Å²) in [6, 6.07) is 8.17. The number of carbonyl (C=O) groups is 1. The van der Waals surface area contributed by atoms with Crippen molar-refractivity contribution in [2.75, 3.05) is 5.32 Å². The summed E-state index contributed by atoms with van der Waals surface area (Å²) < 4.78 is 0. The van der Waals surface area contributed by atoms with Gasteiger partial charge in [0.1, 0.15) is 0 Å². The summed E-state index contributed by atoms with van der Waals surface area (Å²) in [5.41, 5.74) is 2.24. The Kier molecular flexibility index (Phi) is 10.5. The van der Waals surface area contributed by atoms with Crippen molar-refractivity contribution in [3.05, 3.63) is 29.8 Å². The van der Waals surface area contributed by atoms with Crippen LogP contribution in [0, 0.1) is 0 Å². The fourth-order valence-electron chi connectivity index (χ4n) is 2.65. The molecular weight excluding hydrogens is 258 g/mol. The highest BCUT2D eigenvalue weighted by molar-refractivity contribution is 5.70. The van der Waals surface area contributed by atoms with Crippen LogP contribution in [0.5, 0.6) is 0 Å². The lowest BCUT2D eigenvalue weighted by molar-refractivity contribution is -0.105. The molecule has 1 aromatic carbocycles. The Morgan fingerprint density at radius 1 is 0.810 bits per heavy atom. The molecule has 118 valence electrons. The molecule has 1 amide bonds. The zero-order valence-corrected chi connectivity index (χ0v) is 13.6. The number of nitrogens with one attached hydrogen (secondary N) is 1. The average Bonchev–Trinajstić information content (AvgIpc) is 2.51. The Morgan fingerprint density at radius 2 is 1.33 bits per heavy atom. The predicted octanol–water partition coefficient (Wildman–Crippen LogP) is 5.72. The normalized spacial score (nSPS) is 10.5. The highest BCUT2D eigenvalue weighted by Crippen LogP contribution is 2.14. The van der Waals surface area contributed by atoms with Gasteiger partial charge in [0.05, 0.1) is 0 Å². The summed E-state index contributed by atoms with van der Waals surface area (Å²) in [7, 11) is 0. The first-order valence-corrected chi connectivity index (χ1v) is 8.66. The maximum Gasteiger partial charge on any atom is 0.211 e. The number of hydrogen-bond donors (Lipinski definition) is 1. The molecule has 0 unspecified atom stereocenters. The Balaban J connectivity index is 1.95. The molecular formula is C19H31NO. The summed E-state index contributed by atoms with van der Waals surface area (Å²) in [6.07, 6.45) is 15.7. The quantitative estimate of drug-likeness (QED) is 0.365. The monoisotopic (exact) mass is 289 g/mol. The van der Waals surface area contributed by atoms with E-state index in [9.17, 15) is 4.79 Å². The largest absolute Gasteiger partial charge is 0.329 e. The minimum atomic E-state index is 0.720. The third-order valence-corrected chi connectivity index (χ3v) is 4.00. The number of carbonyl (C=O) groups excluding carboxylic acids is 1. The molecule has 0 aliphatic rings. The van der Waals surface area contributed by atoms with Gasteiger partial charge in [0.2, 0.25) is 6.41 Å². The Morgan fingerprint density at radius 3 is 1.86 bits per heavy atom. The molecule has 1 aromatic rings. The van der Waals surface area contributed by atoms with Crippen molar-refractivity contribution >= 4 is 12.1 Å². The highest BCUT2D eigenvalue weighted by Gasteiger charge is 1.96. The summed E-state index contributed by atoms with van der Waals surface area (Å²) in [5.74, 6) is 0. The summed E-state index contributed by atoms with van der Waals surface area (Å²) in [4.78, 5) is 10.3. The summed E-state index contributed by atoms with van der Waals surface area (Å²) >= 11 is 0. The molecule has 0 heterocycles. The van der Waals surface area contributed by atoms with E-state index in [-0.39, 0.29) is 0 Å². The van der Waals surface area contributed by atoms with Crippen LogP contribution >= 0.6 is 0 Å². The van der Waals surface area contributed by atoms with Gasteiger partial charge in [0, 0.05) is 5.69 Å². The molecule has 0 bridgehead atoms. The molecule has 2 nitrogen and oxygen atoms in total. The van der Waals surface area contributed by atoms with E-state index < -0.39 is 0 Å². The molecule has 2 heteroatoms. The van der Waals surface area contributed by atoms with Gasteiger partial charge in [-0.25, -0.2) is 0 Å². The van der Waals surface area contributed by atoms with Gasteiger partial charge in [0.25, 0.3) is 0 Å². The van der Waals surface area contributed by atoms with E-state index in [0.717, 1.165) is 18.5 Å². The number of benzene rings is 1. The van der Waals surface area contributed by atoms with Gasteiger partial charge in [-0.2, -0.15) is 0 Å². The molecule has 21 heavy (non-hydrogen) atoms. The molecule has 0 saturated carbocycles. The van der Waals surface area contributed by atoms with Gasteiger partial charge < -0.3 is 5.32 Å². The lowest BCUT2D eigenvalue weighted by atomic mass is 10.0. The van der Waals surface area contributed by atoms with Crippen molar-refractivity contribution in [3.8, 4) is 0 Å². The highest BCUT2D eigenvalue weighted by atomic mass is 16.1.